The molecular formula is C32H52N4O5. The molecule has 0 bridgehead atoms. The van der Waals surface area contributed by atoms with Gasteiger partial charge in [0.15, 0.2) is 0 Å². The van der Waals surface area contributed by atoms with Crippen LogP contribution in [0.3, 0.4) is 0 Å². The Labute approximate surface area is 246 Å². The van der Waals surface area contributed by atoms with E-state index in [-0.39, 0.29) is 24.8 Å². The van der Waals surface area contributed by atoms with Gasteiger partial charge in [-0.2, -0.15) is 0 Å². The number of ether oxygens (including phenoxy) is 1. The maximum Gasteiger partial charge on any atom is 0.408 e. The monoisotopic (exact) mass is 572 g/mol. The summed E-state index contributed by atoms with van der Waals surface area (Å²) in [5.41, 5.74) is 7.30. The van der Waals surface area contributed by atoms with E-state index in [9.17, 15) is 19.2 Å². The number of unbranched alkanes of at least 4 members (excludes halogenated alkanes) is 3. The fraction of sp³-hybridized carbons (Fsp3) is 0.688. The molecule has 4 amide bonds. The molecule has 1 aromatic carbocycles. The molecule has 0 spiro atoms. The van der Waals surface area contributed by atoms with Crippen LogP contribution in [0.15, 0.2) is 18.2 Å². The molecule has 0 aromatic heterocycles. The number of carbonyl (C=O) groups is 4. The van der Waals surface area contributed by atoms with Gasteiger partial charge in [0.05, 0.1) is 0 Å². The average molecular weight is 573 g/mol. The highest BCUT2D eigenvalue weighted by atomic mass is 16.6. The Kier molecular flexibility index (Phi) is 13.6. The third-order valence-corrected chi connectivity index (χ3v) is 7.45. The summed E-state index contributed by atoms with van der Waals surface area (Å²) in [6, 6.07) is 4.01. The molecule has 1 aliphatic carbocycles. The van der Waals surface area contributed by atoms with E-state index in [4.69, 9.17) is 10.5 Å². The van der Waals surface area contributed by atoms with Crippen molar-refractivity contribution in [1.82, 2.24) is 15.5 Å². The molecule has 1 aromatic rings. The van der Waals surface area contributed by atoms with Crippen LogP contribution in [0.2, 0.25) is 0 Å². The number of hydrogen-bond acceptors (Lipinski definition) is 5. The zero-order valence-corrected chi connectivity index (χ0v) is 26.0. The predicted octanol–water partition coefficient (Wildman–Crippen LogP) is 5.36. The lowest BCUT2D eigenvalue weighted by atomic mass is 9.93. The largest absolute Gasteiger partial charge is 0.444 e. The lowest BCUT2D eigenvalue weighted by molar-refractivity contribution is -0.143. The van der Waals surface area contributed by atoms with Gasteiger partial charge in [0.25, 0.3) is 0 Å². The standard InChI is InChI=1S/C32H52N4O5/c1-7-8-9-13-20-36(30(39)26(18-19-27(33)37)35-31(40)41-32(4,5)6)28(25-21-22(2)16-17-23(25)3)29(38)34-24-14-11-10-12-15-24/h16-17,21,24,26,28H,7-15,18-20H2,1-6H3,(H2,33,37)(H,34,38)(H,35,40). The van der Waals surface area contributed by atoms with Gasteiger partial charge in [-0.1, -0.05) is 69.2 Å². The van der Waals surface area contributed by atoms with E-state index in [2.05, 4.69) is 17.6 Å². The second-order valence-corrected chi connectivity index (χ2v) is 12.4. The number of rotatable bonds is 14. The molecule has 1 aliphatic rings. The van der Waals surface area contributed by atoms with Crippen LogP contribution < -0.4 is 16.4 Å². The first-order chi connectivity index (χ1) is 19.3. The molecule has 0 radical (unpaired) electrons. The molecule has 230 valence electrons. The summed E-state index contributed by atoms with van der Waals surface area (Å²) in [5.74, 6) is -1.23. The highest BCUT2D eigenvalue weighted by molar-refractivity contribution is 5.92. The van der Waals surface area contributed by atoms with Crippen molar-refractivity contribution in [3.05, 3.63) is 34.9 Å². The van der Waals surface area contributed by atoms with E-state index in [1.807, 2.05) is 32.0 Å². The molecule has 1 fully saturated rings. The zero-order chi connectivity index (χ0) is 30.6. The van der Waals surface area contributed by atoms with Crippen molar-refractivity contribution in [1.29, 1.82) is 0 Å². The van der Waals surface area contributed by atoms with Crippen LogP contribution >= 0.6 is 0 Å². The summed E-state index contributed by atoms with van der Waals surface area (Å²) < 4.78 is 5.43. The lowest BCUT2D eigenvalue weighted by Gasteiger charge is -2.36. The summed E-state index contributed by atoms with van der Waals surface area (Å²) in [6.45, 7) is 11.6. The maximum absolute atomic E-state index is 14.4. The molecule has 1 saturated carbocycles. The molecule has 9 nitrogen and oxygen atoms in total. The van der Waals surface area contributed by atoms with E-state index in [0.29, 0.717) is 13.0 Å². The van der Waals surface area contributed by atoms with Crippen LogP contribution in [-0.4, -0.2) is 52.9 Å². The van der Waals surface area contributed by atoms with Crippen LogP contribution in [0.25, 0.3) is 0 Å². The van der Waals surface area contributed by atoms with Crippen LogP contribution in [0.1, 0.15) is 121 Å². The molecule has 2 atom stereocenters. The normalized spacial score (nSPS) is 15.5. The fourth-order valence-corrected chi connectivity index (χ4v) is 5.30. The first kappa shape index (κ1) is 34.1. The lowest BCUT2D eigenvalue weighted by Crippen LogP contribution is -2.54. The molecule has 0 saturated heterocycles. The Hall–Kier alpha value is -3.10. The van der Waals surface area contributed by atoms with Crippen LogP contribution in [0.4, 0.5) is 4.79 Å². The number of aryl methyl sites for hydroxylation is 2. The van der Waals surface area contributed by atoms with Gasteiger partial charge in [-0.05, 0) is 71.4 Å². The minimum atomic E-state index is -1.08. The molecule has 2 rings (SSSR count). The maximum atomic E-state index is 14.4. The highest BCUT2D eigenvalue weighted by Gasteiger charge is 2.37. The smallest absolute Gasteiger partial charge is 0.408 e. The molecule has 4 N–H and O–H groups in total. The fourth-order valence-electron chi connectivity index (χ4n) is 5.30. The SMILES string of the molecule is CCCCCCN(C(=O)C(CCC(N)=O)NC(=O)OC(C)(C)C)C(C(=O)NC1CCCCC1)c1cc(C)ccc1C. The van der Waals surface area contributed by atoms with Gasteiger partial charge < -0.3 is 26.0 Å². The van der Waals surface area contributed by atoms with Crippen molar-refractivity contribution in [2.75, 3.05) is 6.54 Å². The van der Waals surface area contributed by atoms with Gasteiger partial charge in [-0.3, -0.25) is 14.4 Å². The second kappa shape index (κ2) is 16.4. The number of nitrogens with two attached hydrogens (primary N) is 1. The van der Waals surface area contributed by atoms with Gasteiger partial charge in [0.1, 0.15) is 17.7 Å². The van der Waals surface area contributed by atoms with E-state index < -0.39 is 35.6 Å². The van der Waals surface area contributed by atoms with Crippen molar-refractivity contribution in [2.45, 2.75) is 136 Å². The first-order valence-corrected chi connectivity index (χ1v) is 15.3. The number of carbonyl (C=O) groups excluding carboxylic acids is 4. The van der Waals surface area contributed by atoms with Gasteiger partial charge in [-0.15, -0.1) is 0 Å². The topological polar surface area (TPSA) is 131 Å². The molecule has 2 unspecified atom stereocenters. The number of benzene rings is 1. The predicted molar refractivity (Wildman–Crippen MR) is 161 cm³/mol. The van der Waals surface area contributed by atoms with Crippen LogP contribution in [0.5, 0.6) is 0 Å². The van der Waals surface area contributed by atoms with E-state index >= 15 is 0 Å². The summed E-state index contributed by atoms with van der Waals surface area (Å²) in [6.07, 6.45) is 7.89. The molecule has 0 aliphatic heterocycles. The van der Waals surface area contributed by atoms with Crippen molar-refractivity contribution < 1.29 is 23.9 Å². The molecule has 41 heavy (non-hydrogen) atoms. The number of nitrogens with one attached hydrogen (secondary N) is 2. The van der Waals surface area contributed by atoms with Gasteiger partial charge in [0.2, 0.25) is 17.7 Å². The van der Waals surface area contributed by atoms with Gasteiger partial charge in [0, 0.05) is 19.0 Å². The summed E-state index contributed by atoms with van der Waals surface area (Å²) in [4.78, 5) is 54.6. The first-order valence-electron chi connectivity index (χ1n) is 15.3. The summed E-state index contributed by atoms with van der Waals surface area (Å²) >= 11 is 0. The third-order valence-electron chi connectivity index (χ3n) is 7.45. The Balaban J connectivity index is 2.53. The number of hydrogen-bond donors (Lipinski definition) is 3. The Morgan fingerprint density at radius 1 is 1.05 bits per heavy atom. The van der Waals surface area contributed by atoms with Gasteiger partial charge in [-0.25, -0.2) is 4.79 Å². The van der Waals surface area contributed by atoms with E-state index in [1.54, 1.807) is 25.7 Å². The highest BCUT2D eigenvalue weighted by Crippen LogP contribution is 2.29. The average Bonchev–Trinajstić information content (AvgIpc) is 2.89. The van der Waals surface area contributed by atoms with Crippen molar-refractivity contribution >= 4 is 23.8 Å². The van der Waals surface area contributed by atoms with Gasteiger partial charge >= 0.3 is 6.09 Å². The van der Waals surface area contributed by atoms with Crippen molar-refractivity contribution in [2.24, 2.45) is 5.73 Å². The minimum absolute atomic E-state index is 0.00261. The Morgan fingerprint density at radius 3 is 2.34 bits per heavy atom. The van der Waals surface area contributed by atoms with E-state index in [1.165, 1.54) is 0 Å². The van der Waals surface area contributed by atoms with Crippen LogP contribution in [0, 0.1) is 13.8 Å². The van der Waals surface area contributed by atoms with Crippen molar-refractivity contribution in [3.8, 4) is 0 Å². The third kappa shape index (κ3) is 11.7. The molecule has 0 heterocycles. The van der Waals surface area contributed by atoms with E-state index in [0.717, 1.165) is 68.1 Å². The number of nitrogens with zero attached hydrogens (tertiary/aromatic N) is 1. The van der Waals surface area contributed by atoms with Crippen LogP contribution in [-0.2, 0) is 19.1 Å². The molecule has 9 heteroatoms. The number of primary amides is 1. The number of amides is 4. The Morgan fingerprint density at radius 2 is 1.73 bits per heavy atom. The summed E-state index contributed by atoms with van der Waals surface area (Å²) in [7, 11) is 0. The molecular weight excluding hydrogens is 520 g/mol. The minimum Gasteiger partial charge on any atom is -0.444 e. The summed E-state index contributed by atoms with van der Waals surface area (Å²) in [5, 5.41) is 5.91. The van der Waals surface area contributed by atoms with Crippen molar-refractivity contribution in [3.63, 3.8) is 0 Å². The Bertz CT molecular complexity index is 1030. The zero-order valence-electron chi connectivity index (χ0n) is 26.0. The quantitative estimate of drug-likeness (QED) is 0.258. The second-order valence-electron chi connectivity index (χ2n) is 12.4. The number of alkyl carbamates (subject to hydrolysis) is 1.